The van der Waals surface area contributed by atoms with Crippen LogP contribution in [0.3, 0.4) is 0 Å². The largest absolute Gasteiger partial charge is 0.347 e. The number of carbonyl (C=O) groups excluding carboxylic acids is 3. The second kappa shape index (κ2) is 5.96. The first kappa shape index (κ1) is 16.0. The molecule has 1 heterocycles. The highest BCUT2D eigenvalue weighted by atomic mass is 16.2. The maximum atomic E-state index is 12.3. The van der Waals surface area contributed by atoms with Gasteiger partial charge < -0.3 is 10.6 Å². The Bertz CT molecular complexity index is 824. The van der Waals surface area contributed by atoms with Crippen molar-refractivity contribution >= 4 is 28.6 Å². The van der Waals surface area contributed by atoms with Crippen LogP contribution in [0.15, 0.2) is 42.5 Å². The van der Waals surface area contributed by atoms with Crippen LogP contribution in [0.25, 0.3) is 10.8 Å². The van der Waals surface area contributed by atoms with Gasteiger partial charge in [0, 0.05) is 0 Å². The maximum Gasteiger partial charge on any atom is 0.322 e. The molecule has 6 heteroatoms. The van der Waals surface area contributed by atoms with Gasteiger partial charge in [-0.15, -0.1) is 0 Å². The summed E-state index contributed by atoms with van der Waals surface area (Å²) >= 11 is 0. The van der Waals surface area contributed by atoms with E-state index in [1.807, 2.05) is 56.3 Å². The van der Waals surface area contributed by atoms with Crippen molar-refractivity contribution in [2.75, 3.05) is 0 Å². The fourth-order valence-electron chi connectivity index (χ4n) is 3.03. The number of hydrogen-bond acceptors (Lipinski definition) is 3. The van der Waals surface area contributed by atoms with E-state index in [0.717, 1.165) is 16.3 Å². The van der Waals surface area contributed by atoms with Gasteiger partial charge in [-0.25, -0.2) is 4.79 Å². The number of imide groups is 1. The molecule has 1 atom stereocenters. The van der Waals surface area contributed by atoms with Crippen LogP contribution < -0.4 is 16.0 Å². The monoisotopic (exact) mass is 325 g/mol. The first-order valence-corrected chi connectivity index (χ1v) is 7.77. The summed E-state index contributed by atoms with van der Waals surface area (Å²) < 4.78 is 0. The fourth-order valence-corrected chi connectivity index (χ4v) is 3.03. The van der Waals surface area contributed by atoms with Crippen molar-refractivity contribution in [2.45, 2.75) is 31.8 Å². The van der Waals surface area contributed by atoms with E-state index in [4.69, 9.17) is 0 Å². The molecular formula is C18H19N3O3. The molecule has 0 aromatic heterocycles. The van der Waals surface area contributed by atoms with Gasteiger partial charge in [0.25, 0.3) is 5.91 Å². The second-order valence-corrected chi connectivity index (χ2v) is 6.42. The molecule has 0 radical (unpaired) electrons. The minimum atomic E-state index is -0.819. The lowest BCUT2D eigenvalue weighted by Crippen LogP contribution is -2.44. The van der Waals surface area contributed by atoms with Crippen molar-refractivity contribution in [3.05, 3.63) is 48.0 Å². The van der Waals surface area contributed by atoms with E-state index < -0.39 is 23.5 Å². The molecule has 0 saturated carbocycles. The fraction of sp³-hybridized carbons (Fsp3) is 0.278. The zero-order valence-electron chi connectivity index (χ0n) is 13.6. The van der Waals surface area contributed by atoms with Crippen LogP contribution in [0.4, 0.5) is 4.79 Å². The van der Waals surface area contributed by atoms with Gasteiger partial charge in [0.1, 0.15) is 6.04 Å². The maximum absolute atomic E-state index is 12.3. The number of amides is 4. The normalized spacial score (nSPS) is 17.5. The summed E-state index contributed by atoms with van der Waals surface area (Å²) in [5.74, 6) is -0.770. The van der Waals surface area contributed by atoms with Crippen molar-refractivity contribution in [2.24, 2.45) is 0 Å². The van der Waals surface area contributed by atoms with E-state index in [9.17, 15) is 14.4 Å². The lowest BCUT2D eigenvalue weighted by molar-refractivity contribution is -0.127. The van der Waals surface area contributed by atoms with E-state index in [-0.39, 0.29) is 12.3 Å². The molecule has 1 fully saturated rings. The molecule has 2 aromatic carbocycles. The Morgan fingerprint density at radius 3 is 2.54 bits per heavy atom. The summed E-state index contributed by atoms with van der Waals surface area (Å²) in [7, 11) is 0. The molecule has 1 unspecified atom stereocenters. The van der Waals surface area contributed by atoms with Gasteiger partial charge in [0.15, 0.2) is 0 Å². The van der Waals surface area contributed by atoms with Crippen molar-refractivity contribution in [1.29, 1.82) is 0 Å². The van der Waals surface area contributed by atoms with Crippen LogP contribution in [-0.2, 0) is 15.1 Å². The zero-order chi connectivity index (χ0) is 17.3. The third-order valence-corrected chi connectivity index (χ3v) is 4.16. The van der Waals surface area contributed by atoms with Gasteiger partial charge in [0.05, 0.1) is 12.0 Å². The molecule has 0 aliphatic carbocycles. The highest BCUT2D eigenvalue weighted by Gasteiger charge is 2.33. The van der Waals surface area contributed by atoms with Crippen LogP contribution in [0.2, 0.25) is 0 Å². The third kappa shape index (κ3) is 3.08. The standard InChI is InChI=1S/C18H19N3O3/c1-18(2,13-9-5-7-11-6-3-4-8-12(11)13)21-15(22)10-14-16(23)20-17(24)19-14/h3-9,14H,10H2,1-2H3,(H,21,22)(H2,19,20,23,24). The van der Waals surface area contributed by atoms with Crippen molar-refractivity contribution in [3.63, 3.8) is 0 Å². The average molecular weight is 325 g/mol. The molecule has 0 spiro atoms. The predicted molar refractivity (Wildman–Crippen MR) is 90.2 cm³/mol. The smallest absolute Gasteiger partial charge is 0.322 e. The molecule has 2 aromatic rings. The lowest BCUT2D eigenvalue weighted by atomic mass is 9.89. The molecule has 0 bridgehead atoms. The van der Waals surface area contributed by atoms with Gasteiger partial charge in [-0.2, -0.15) is 0 Å². The molecule has 6 nitrogen and oxygen atoms in total. The Kier molecular flexibility index (Phi) is 3.97. The van der Waals surface area contributed by atoms with Crippen LogP contribution >= 0.6 is 0 Å². The first-order chi connectivity index (χ1) is 11.4. The summed E-state index contributed by atoms with van der Waals surface area (Å²) in [4.78, 5) is 35.0. The van der Waals surface area contributed by atoms with Gasteiger partial charge in [-0.3, -0.25) is 14.9 Å². The van der Waals surface area contributed by atoms with Gasteiger partial charge in [-0.05, 0) is 30.2 Å². The Hall–Kier alpha value is -2.89. The molecule has 3 rings (SSSR count). The molecule has 24 heavy (non-hydrogen) atoms. The summed E-state index contributed by atoms with van der Waals surface area (Å²) in [5.41, 5.74) is 0.380. The van der Waals surface area contributed by atoms with E-state index in [1.165, 1.54) is 0 Å². The Morgan fingerprint density at radius 2 is 1.83 bits per heavy atom. The first-order valence-electron chi connectivity index (χ1n) is 7.77. The van der Waals surface area contributed by atoms with E-state index in [0.29, 0.717) is 0 Å². The summed E-state index contributed by atoms with van der Waals surface area (Å²) in [6, 6.07) is 12.5. The summed E-state index contributed by atoms with van der Waals surface area (Å²) in [5, 5.41) is 9.67. The summed E-state index contributed by atoms with van der Waals surface area (Å²) in [6.07, 6.45) is -0.0915. The minimum Gasteiger partial charge on any atom is -0.347 e. The molecular weight excluding hydrogens is 306 g/mol. The predicted octanol–water partition coefficient (Wildman–Crippen LogP) is 1.79. The van der Waals surface area contributed by atoms with Gasteiger partial charge >= 0.3 is 6.03 Å². The van der Waals surface area contributed by atoms with E-state index >= 15 is 0 Å². The quantitative estimate of drug-likeness (QED) is 0.749. The topological polar surface area (TPSA) is 87.3 Å². The minimum absolute atomic E-state index is 0.0915. The molecule has 1 saturated heterocycles. The molecule has 124 valence electrons. The average Bonchev–Trinajstić information content (AvgIpc) is 2.83. The number of nitrogens with one attached hydrogen (secondary N) is 3. The number of fused-ring (bicyclic) bond motifs is 1. The van der Waals surface area contributed by atoms with Gasteiger partial charge in [-0.1, -0.05) is 42.5 Å². The molecule has 4 amide bonds. The molecule has 1 aliphatic heterocycles. The SMILES string of the molecule is CC(C)(NC(=O)CC1NC(=O)NC1=O)c1cccc2ccccc12. The van der Waals surface area contributed by atoms with E-state index in [2.05, 4.69) is 16.0 Å². The Morgan fingerprint density at radius 1 is 1.12 bits per heavy atom. The van der Waals surface area contributed by atoms with Crippen LogP contribution in [0.1, 0.15) is 25.8 Å². The Balaban J connectivity index is 1.79. The number of rotatable bonds is 4. The van der Waals surface area contributed by atoms with E-state index in [1.54, 1.807) is 0 Å². The molecule has 3 N–H and O–H groups in total. The number of hydrogen-bond donors (Lipinski definition) is 3. The van der Waals surface area contributed by atoms with Crippen molar-refractivity contribution in [1.82, 2.24) is 16.0 Å². The third-order valence-electron chi connectivity index (χ3n) is 4.16. The second-order valence-electron chi connectivity index (χ2n) is 6.42. The van der Waals surface area contributed by atoms with Crippen LogP contribution in [0, 0.1) is 0 Å². The summed E-state index contributed by atoms with van der Waals surface area (Å²) in [6.45, 7) is 3.83. The zero-order valence-corrected chi connectivity index (χ0v) is 13.6. The van der Waals surface area contributed by atoms with Gasteiger partial charge in [0.2, 0.25) is 5.91 Å². The van der Waals surface area contributed by atoms with Crippen LogP contribution in [0.5, 0.6) is 0 Å². The van der Waals surface area contributed by atoms with Crippen molar-refractivity contribution in [3.8, 4) is 0 Å². The lowest BCUT2D eigenvalue weighted by Gasteiger charge is -2.28. The number of benzene rings is 2. The van der Waals surface area contributed by atoms with Crippen molar-refractivity contribution < 1.29 is 14.4 Å². The highest BCUT2D eigenvalue weighted by Crippen LogP contribution is 2.28. The highest BCUT2D eigenvalue weighted by molar-refractivity contribution is 6.05. The Labute approximate surface area is 139 Å². The number of carbonyl (C=O) groups is 3. The molecule has 1 aliphatic rings. The number of urea groups is 1. The van der Waals surface area contributed by atoms with Crippen LogP contribution in [-0.4, -0.2) is 23.9 Å².